The van der Waals surface area contributed by atoms with Gasteiger partial charge < -0.3 is 14.8 Å². The molecule has 25 heavy (non-hydrogen) atoms. The Hall–Kier alpha value is -1.71. The number of hydrogen-bond acceptors (Lipinski definition) is 3. The molecular weight excluding hydrogens is 334 g/mol. The van der Waals surface area contributed by atoms with Crippen LogP contribution in [0.15, 0.2) is 48.5 Å². The van der Waals surface area contributed by atoms with Crippen LogP contribution in [0, 0.1) is 5.92 Å². The lowest BCUT2D eigenvalue weighted by atomic mass is 10.0. The first-order valence-corrected chi connectivity index (χ1v) is 8.89. The fourth-order valence-electron chi connectivity index (χ4n) is 3.23. The van der Waals surface area contributed by atoms with Crippen molar-refractivity contribution in [3.05, 3.63) is 59.7 Å². The van der Waals surface area contributed by atoms with E-state index >= 15 is 0 Å². The summed E-state index contributed by atoms with van der Waals surface area (Å²) in [6, 6.07) is 16.7. The van der Waals surface area contributed by atoms with Gasteiger partial charge in [0, 0.05) is 12.5 Å². The van der Waals surface area contributed by atoms with Crippen LogP contribution in [0.5, 0.6) is 11.5 Å². The molecule has 1 aliphatic heterocycles. The largest absolute Gasteiger partial charge is 0.497 e. The molecular formula is C21H28ClNO2. The summed E-state index contributed by atoms with van der Waals surface area (Å²) < 4.78 is 11.5. The fraction of sp³-hybridized carbons (Fsp3) is 0.429. The quantitative estimate of drug-likeness (QED) is 0.798. The molecule has 2 aromatic carbocycles. The molecule has 0 saturated carbocycles. The van der Waals surface area contributed by atoms with E-state index in [1.807, 2.05) is 12.1 Å². The lowest BCUT2D eigenvalue weighted by Crippen LogP contribution is -2.33. The summed E-state index contributed by atoms with van der Waals surface area (Å²) >= 11 is 0. The number of hydrogen-bond donors (Lipinski definition) is 1. The van der Waals surface area contributed by atoms with Gasteiger partial charge in [-0.3, -0.25) is 0 Å². The number of methoxy groups -OCH3 is 1. The van der Waals surface area contributed by atoms with Crippen molar-refractivity contribution in [3.8, 4) is 11.5 Å². The predicted octanol–water partition coefficient (Wildman–Crippen LogP) is 4.28. The number of benzene rings is 2. The van der Waals surface area contributed by atoms with Crippen molar-refractivity contribution in [1.29, 1.82) is 0 Å². The maximum Gasteiger partial charge on any atom is 0.122 e. The minimum atomic E-state index is 0. The van der Waals surface area contributed by atoms with Gasteiger partial charge in [0.05, 0.1) is 13.7 Å². The first-order chi connectivity index (χ1) is 11.8. The molecule has 0 spiro atoms. The maximum absolute atomic E-state index is 6.15. The van der Waals surface area contributed by atoms with E-state index in [1.165, 1.54) is 24.0 Å². The summed E-state index contributed by atoms with van der Waals surface area (Å²) in [4.78, 5) is 0. The number of rotatable bonds is 7. The monoisotopic (exact) mass is 361 g/mol. The van der Waals surface area contributed by atoms with Crippen molar-refractivity contribution >= 4 is 12.4 Å². The van der Waals surface area contributed by atoms with Gasteiger partial charge in [0.25, 0.3) is 0 Å². The Morgan fingerprint density at radius 2 is 1.96 bits per heavy atom. The molecule has 3 nitrogen and oxygen atoms in total. The molecule has 1 saturated heterocycles. The van der Waals surface area contributed by atoms with Crippen LogP contribution in [-0.4, -0.2) is 26.8 Å². The summed E-state index contributed by atoms with van der Waals surface area (Å²) in [7, 11) is 1.71. The zero-order valence-corrected chi connectivity index (χ0v) is 15.7. The van der Waals surface area contributed by atoms with E-state index in [0.29, 0.717) is 5.92 Å². The Morgan fingerprint density at radius 3 is 2.76 bits per heavy atom. The van der Waals surface area contributed by atoms with Crippen molar-refractivity contribution in [2.24, 2.45) is 5.92 Å². The van der Waals surface area contributed by atoms with Gasteiger partial charge in [-0.25, -0.2) is 0 Å². The first-order valence-electron chi connectivity index (χ1n) is 8.89. The Morgan fingerprint density at radius 1 is 1.08 bits per heavy atom. The minimum absolute atomic E-state index is 0. The zero-order valence-electron chi connectivity index (χ0n) is 14.9. The highest BCUT2D eigenvalue weighted by Gasteiger charge is 2.14. The van der Waals surface area contributed by atoms with Crippen LogP contribution in [0.2, 0.25) is 0 Å². The summed E-state index contributed by atoms with van der Waals surface area (Å²) in [6.07, 6.45) is 4.49. The second-order valence-corrected chi connectivity index (χ2v) is 6.48. The molecule has 0 aromatic heterocycles. The van der Waals surface area contributed by atoms with Gasteiger partial charge in [-0.05, 0) is 61.6 Å². The predicted molar refractivity (Wildman–Crippen MR) is 105 cm³/mol. The molecule has 0 amide bonds. The number of para-hydroxylation sites is 1. The second kappa shape index (κ2) is 10.3. The summed E-state index contributed by atoms with van der Waals surface area (Å²) in [5.41, 5.74) is 2.57. The molecule has 136 valence electrons. The van der Waals surface area contributed by atoms with E-state index in [-0.39, 0.29) is 12.4 Å². The SMILES string of the molecule is COc1cccc(CCc2ccccc2OC[C@H]2CCCNC2)c1.Cl. The highest BCUT2D eigenvalue weighted by molar-refractivity contribution is 5.85. The van der Waals surface area contributed by atoms with Crippen LogP contribution in [0.3, 0.4) is 0 Å². The molecule has 1 aliphatic rings. The van der Waals surface area contributed by atoms with Crippen molar-refractivity contribution in [2.75, 3.05) is 26.8 Å². The van der Waals surface area contributed by atoms with Gasteiger partial charge in [0.2, 0.25) is 0 Å². The van der Waals surface area contributed by atoms with Crippen LogP contribution in [0.1, 0.15) is 24.0 Å². The second-order valence-electron chi connectivity index (χ2n) is 6.48. The third-order valence-corrected chi connectivity index (χ3v) is 4.66. The zero-order chi connectivity index (χ0) is 16.6. The van der Waals surface area contributed by atoms with Gasteiger partial charge in [0.15, 0.2) is 0 Å². The van der Waals surface area contributed by atoms with Gasteiger partial charge >= 0.3 is 0 Å². The Kier molecular flexibility index (Phi) is 8.10. The van der Waals surface area contributed by atoms with Crippen LogP contribution in [0.4, 0.5) is 0 Å². The van der Waals surface area contributed by atoms with Crippen molar-refractivity contribution < 1.29 is 9.47 Å². The molecule has 4 heteroatoms. The number of nitrogens with one attached hydrogen (secondary N) is 1. The number of ether oxygens (including phenoxy) is 2. The Bertz CT molecular complexity index is 641. The van der Waals surface area contributed by atoms with Crippen LogP contribution < -0.4 is 14.8 Å². The first kappa shape index (κ1) is 19.6. The lowest BCUT2D eigenvalue weighted by Gasteiger charge is -2.23. The molecule has 1 fully saturated rings. The maximum atomic E-state index is 6.15. The minimum Gasteiger partial charge on any atom is -0.497 e. The Labute approximate surface area is 157 Å². The summed E-state index contributed by atoms with van der Waals surface area (Å²) in [5, 5.41) is 3.45. The molecule has 2 aromatic rings. The molecule has 0 unspecified atom stereocenters. The van der Waals surface area contributed by atoms with E-state index in [0.717, 1.165) is 44.0 Å². The number of aryl methyl sites for hydroxylation is 2. The van der Waals surface area contributed by atoms with Gasteiger partial charge in [-0.15, -0.1) is 12.4 Å². The van der Waals surface area contributed by atoms with Crippen molar-refractivity contribution in [1.82, 2.24) is 5.32 Å². The molecule has 1 heterocycles. The highest BCUT2D eigenvalue weighted by atomic mass is 35.5. The van der Waals surface area contributed by atoms with Gasteiger partial charge in [-0.2, -0.15) is 0 Å². The average Bonchev–Trinajstić information content (AvgIpc) is 2.66. The standard InChI is InChI=1S/C21H27NO2.ClH/c1-23-20-9-4-6-17(14-20)11-12-19-8-2-3-10-21(19)24-16-18-7-5-13-22-15-18;/h2-4,6,8-10,14,18,22H,5,7,11-13,15-16H2,1H3;1H/t18-;/m0./s1. The van der Waals surface area contributed by atoms with E-state index < -0.39 is 0 Å². The summed E-state index contributed by atoms with van der Waals surface area (Å²) in [6.45, 7) is 3.03. The molecule has 0 aliphatic carbocycles. The van der Waals surface area contributed by atoms with Crippen LogP contribution >= 0.6 is 12.4 Å². The number of piperidine rings is 1. The van der Waals surface area contributed by atoms with Crippen molar-refractivity contribution in [2.45, 2.75) is 25.7 Å². The number of halogens is 1. The van der Waals surface area contributed by atoms with Crippen LogP contribution in [0.25, 0.3) is 0 Å². The smallest absolute Gasteiger partial charge is 0.122 e. The van der Waals surface area contributed by atoms with E-state index in [1.54, 1.807) is 7.11 Å². The normalized spacial score (nSPS) is 16.8. The molecule has 1 atom stereocenters. The highest BCUT2D eigenvalue weighted by Crippen LogP contribution is 2.22. The van der Waals surface area contributed by atoms with E-state index in [4.69, 9.17) is 9.47 Å². The van der Waals surface area contributed by atoms with E-state index in [2.05, 4.69) is 41.7 Å². The molecule has 1 N–H and O–H groups in total. The molecule has 0 bridgehead atoms. The average molecular weight is 362 g/mol. The van der Waals surface area contributed by atoms with Crippen LogP contribution in [-0.2, 0) is 12.8 Å². The molecule has 0 radical (unpaired) electrons. The van der Waals surface area contributed by atoms with Crippen molar-refractivity contribution in [3.63, 3.8) is 0 Å². The van der Waals surface area contributed by atoms with E-state index in [9.17, 15) is 0 Å². The van der Waals surface area contributed by atoms with Gasteiger partial charge in [0.1, 0.15) is 11.5 Å². The molecule has 3 rings (SSSR count). The third kappa shape index (κ3) is 5.94. The van der Waals surface area contributed by atoms with Gasteiger partial charge in [-0.1, -0.05) is 30.3 Å². The Balaban J connectivity index is 0.00000225. The fourth-order valence-corrected chi connectivity index (χ4v) is 3.23. The summed E-state index contributed by atoms with van der Waals surface area (Å²) in [5.74, 6) is 2.58. The topological polar surface area (TPSA) is 30.5 Å². The third-order valence-electron chi connectivity index (χ3n) is 4.66. The lowest BCUT2D eigenvalue weighted by molar-refractivity contribution is 0.217.